The quantitative estimate of drug-likeness (QED) is 0.393. The third-order valence-electron chi connectivity index (χ3n) is 1.88. The average Bonchev–Trinajstić information content (AvgIpc) is 2.13. The first-order chi connectivity index (χ1) is 7.38. The van der Waals surface area contributed by atoms with E-state index in [1.807, 2.05) is 0 Å². The van der Waals surface area contributed by atoms with Crippen molar-refractivity contribution in [2.75, 3.05) is 6.61 Å². The van der Waals surface area contributed by atoms with Crippen LogP contribution in [0.5, 0.6) is 0 Å². The van der Waals surface area contributed by atoms with Crippen molar-refractivity contribution < 1.29 is 28.6 Å². The van der Waals surface area contributed by atoms with Crippen LogP contribution in [0.1, 0.15) is 20.3 Å². The lowest BCUT2D eigenvalue weighted by atomic mass is 10.2. The van der Waals surface area contributed by atoms with Crippen molar-refractivity contribution in [1.82, 2.24) is 0 Å². The van der Waals surface area contributed by atoms with Crippen molar-refractivity contribution in [1.29, 1.82) is 0 Å². The standard InChI is InChI=1S/C10H12O6/c1-4-14-7(11)5-10(3)15-8(12)6(2)9(13)16-10/h2,4-5H2,1,3H3. The summed E-state index contributed by atoms with van der Waals surface area (Å²) in [6.45, 7) is 6.34. The fourth-order valence-corrected chi connectivity index (χ4v) is 1.17. The molecular formula is C10H12O6. The van der Waals surface area contributed by atoms with Gasteiger partial charge in [0.1, 0.15) is 12.0 Å². The Morgan fingerprint density at radius 2 is 1.88 bits per heavy atom. The molecule has 1 aliphatic rings. The molecule has 1 aliphatic heterocycles. The molecule has 88 valence electrons. The van der Waals surface area contributed by atoms with Crippen LogP contribution in [0.4, 0.5) is 0 Å². The third-order valence-corrected chi connectivity index (χ3v) is 1.88. The summed E-state index contributed by atoms with van der Waals surface area (Å²) < 4.78 is 14.2. The second-order valence-electron chi connectivity index (χ2n) is 3.37. The van der Waals surface area contributed by atoms with E-state index in [1.54, 1.807) is 6.92 Å². The van der Waals surface area contributed by atoms with Crippen LogP contribution >= 0.6 is 0 Å². The average molecular weight is 228 g/mol. The van der Waals surface area contributed by atoms with Gasteiger partial charge >= 0.3 is 17.9 Å². The molecule has 0 spiro atoms. The number of esters is 3. The molecule has 0 aromatic rings. The number of carbonyl (C=O) groups excluding carboxylic acids is 3. The maximum atomic E-state index is 11.2. The molecule has 0 N–H and O–H groups in total. The maximum absolute atomic E-state index is 11.2. The zero-order chi connectivity index (χ0) is 12.3. The van der Waals surface area contributed by atoms with Crippen LogP contribution in [0.2, 0.25) is 0 Å². The molecule has 0 amide bonds. The largest absolute Gasteiger partial charge is 0.466 e. The molecule has 0 unspecified atom stereocenters. The van der Waals surface area contributed by atoms with Gasteiger partial charge < -0.3 is 14.2 Å². The number of rotatable bonds is 3. The van der Waals surface area contributed by atoms with E-state index in [4.69, 9.17) is 9.47 Å². The molecule has 0 aliphatic carbocycles. The monoisotopic (exact) mass is 228 g/mol. The van der Waals surface area contributed by atoms with E-state index < -0.39 is 23.7 Å². The Hall–Kier alpha value is -1.85. The van der Waals surface area contributed by atoms with Crippen LogP contribution in [0.25, 0.3) is 0 Å². The molecule has 0 radical (unpaired) electrons. The van der Waals surface area contributed by atoms with Gasteiger partial charge in [-0.1, -0.05) is 6.58 Å². The number of hydrogen-bond donors (Lipinski definition) is 0. The molecule has 0 aromatic heterocycles. The molecular weight excluding hydrogens is 216 g/mol. The molecule has 16 heavy (non-hydrogen) atoms. The van der Waals surface area contributed by atoms with Gasteiger partial charge in [-0.25, -0.2) is 9.59 Å². The van der Waals surface area contributed by atoms with Crippen LogP contribution < -0.4 is 0 Å². The highest BCUT2D eigenvalue weighted by Crippen LogP contribution is 2.26. The zero-order valence-electron chi connectivity index (χ0n) is 9.07. The highest BCUT2D eigenvalue weighted by molar-refractivity contribution is 6.14. The smallest absolute Gasteiger partial charge is 0.348 e. The Bertz CT molecular complexity index is 336. The Morgan fingerprint density at radius 3 is 2.31 bits per heavy atom. The SMILES string of the molecule is C=C1C(=O)OC(C)(CC(=O)OCC)OC1=O. The molecule has 1 rings (SSSR count). The minimum atomic E-state index is -1.61. The van der Waals surface area contributed by atoms with E-state index in [9.17, 15) is 14.4 Å². The number of carbonyl (C=O) groups is 3. The van der Waals surface area contributed by atoms with Crippen molar-refractivity contribution in [2.24, 2.45) is 0 Å². The summed E-state index contributed by atoms with van der Waals surface area (Å²) in [5.41, 5.74) is -0.388. The van der Waals surface area contributed by atoms with E-state index in [1.165, 1.54) is 6.92 Å². The van der Waals surface area contributed by atoms with Gasteiger partial charge in [0.15, 0.2) is 0 Å². The lowest BCUT2D eigenvalue weighted by Crippen LogP contribution is -2.45. The van der Waals surface area contributed by atoms with Gasteiger partial charge in [0.05, 0.1) is 6.61 Å². The van der Waals surface area contributed by atoms with Crippen LogP contribution in [-0.4, -0.2) is 30.3 Å². The van der Waals surface area contributed by atoms with E-state index in [-0.39, 0.29) is 18.6 Å². The number of cyclic esters (lactones) is 2. The molecule has 0 bridgehead atoms. The van der Waals surface area contributed by atoms with Gasteiger partial charge in [-0.2, -0.15) is 0 Å². The van der Waals surface area contributed by atoms with Gasteiger partial charge in [0, 0.05) is 6.92 Å². The lowest BCUT2D eigenvalue weighted by Gasteiger charge is -2.32. The predicted molar refractivity (Wildman–Crippen MR) is 51.0 cm³/mol. The van der Waals surface area contributed by atoms with Crippen molar-refractivity contribution in [2.45, 2.75) is 26.1 Å². The minimum Gasteiger partial charge on any atom is -0.466 e. The molecule has 0 saturated carbocycles. The maximum Gasteiger partial charge on any atom is 0.348 e. The summed E-state index contributed by atoms with van der Waals surface area (Å²) in [5, 5.41) is 0. The molecule has 1 saturated heterocycles. The molecule has 0 aromatic carbocycles. The van der Waals surface area contributed by atoms with Crippen LogP contribution in [-0.2, 0) is 28.6 Å². The van der Waals surface area contributed by atoms with Crippen molar-refractivity contribution in [3.63, 3.8) is 0 Å². The lowest BCUT2D eigenvalue weighted by molar-refractivity contribution is -0.231. The molecule has 6 nitrogen and oxygen atoms in total. The van der Waals surface area contributed by atoms with Gasteiger partial charge in [0.2, 0.25) is 0 Å². The van der Waals surface area contributed by atoms with Crippen LogP contribution in [0.3, 0.4) is 0 Å². The predicted octanol–water partition coefficient (Wildman–Crippen LogP) is 0.312. The topological polar surface area (TPSA) is 78.9 Å². The van der Waals surface area contributed by atoms with Gasteiger partial charge in [0.25, 0.3) is 5.79 Å². The summed E-state index contributed by atoms with van der Waals surface area (Å²) in [5.74, 6) is -3.99. The number of hydrogen-bond acceptors (Lipinski definition) is 6. The van der Waals surface area contributed by atoms with Gasteiger partial charge in [-0.15, -0.1) is 0 Å². The van der Waals surface area contributed by atoms with Crippen LogP contribution in [0, 0.1) is 0 Å². The minimum absolute atomic E-state index is 0.198. The van der Waals surface area contributed by atoms with E-state index >= 15 is 0 Å². The Kier molecular flexibility index (Phi) is 3.31. The Morgan fingerprint density at radius 1 is 1.38 bits per heavy atom. The van der Waals surface area contributed by atoms with E-state index in [0.29, 0.717) is 0 Å². The summed E-state index contributed by atoms with van der Waals surface area (Å²) in [6.07, 6.45) is -0.342. The van der Waals surface area contributed by atoms with Gasteiger partial charge in [-0.05, 0) is 6.92 Å². The van der Waals surface area contributed by atoms with Crippen molar-refractivity contribution >= 4 is 17.9 Å². The first-order valence-corrected chi connectivity index (χ1v) is 4.69. The second-order valence-corrected chi connectivity index (χ2v) is 3.37. The Balaban J connectivity index is 2.71. The summed E-state index contributed by atoms with van der Waals surface area (Å²) in [7, 11) is 0. The zero-order valence-corrected chi connectivity index (χ0v) is 9.07. The molecule has 1 fully saturated rings. The van der Waals surface area contributed by atoms with E-state index in [2.05, 4.69) is 11.3 Å². The number of ether oxygens (including phenoxy) is 3. The molecule has 1 heterocycles. The Labute approximate surface area is 92.2 Å². The first-order valence-electron chi connectivity index (χ1n) is 4.69. The highest BCUT2D eigenvalue weighted by Gasteiger charge is 2.43. The van der Waals surface area contributed by atoms with Crippen molar-refractivity contribution in [3.8, 4) is 0 Å². The normalized spacial score (nSPS) is 18.8. The second kappa shape index (κ2) is 4.34. The van der Waals surface area contributed by atoms with E-state index in [0.717, 1.165) is 0 Å². The summed E-state index contributed by atoms with van der Waals surface area (Å²) in [6, 6.07) is 0. The third kappa shape index (κ3) is 2.59. The first kappa shape index (κ1) is 12.2. The molecule has 6 heteroatoms. The van der Waals surface area contributed by atoms with Crippen molar-refractivity contribution in [3.05, 3.63) is 12.2 Å². The summed E-state index contributed by atoms with van der Waals surface area (Å²) >= 11 is 0. The summed E-state index contributed by atoms with van der Waals surface area (Å²) in [4.78, 5) is 33.6. The highest BCUT2D eigenvalue weighted by atomic mass is 16.7. The fourth-order valence-electron chi connectivity index (χ4n) is 1.17. The fraction of sp³-hybridized carbons (Fsp3) is 0.500. The van der Waals surface area contributed by atoms with Gasteiger partial charge in [-0.3, -0.25) is 4.79 Å². The van der Waals surface area contributed by atoms with Crippen LogP contribution in [0.15, 0.2) is 12.2 Å². The molecule has 0 atom stereocenters.